The van der Waals surface area contributed by atoms with E-state index in [2.05, 4.69) is 114 Å². The second kappa shape index (κ2) is 8.96. The molecule has 4 heteroatoms. The molecule has 4 nitrogen and oxygen atoms in total. The first kappa shape index (κ1) is 25.4. The van der Waals surface area contributed by atoms with Crippen LogP contribution in [0.2, 0.25) is 0 Å². The van der Waals surface area contributed by atoms with Crippen LogP contribution in [0.1, 0.15) is 36.1 Å². The Hall–Kier alpha value is -6.10. The Labute approximate surface area is 260 Å². The number of benzene rings is 6. The predicted octanol–water partition coefficient (Wildman–Crippen LogP) is 9.93. The Morgan fingerprint density at radius 2 is 1.00 bits per heavy atom. The fraction of sp³-hybridized carbons (Fsp3) is 0.0732. The van der Waals surface area contributed by atoms with E-state index in [0.29, 0.717) is 16.8 Å². The van der Waals surface area contributed by atoms with E-state index in [4.69, 9.17) is 0 Å². The van der Waals surface area contributed by atoms with E-state index < -0.39 is 0 Å². The van der Waals surface area contributed by atoms with E-state index in [1.807, 2.05) is 42.5 Å². The van der Waals surface area contributed by atoms with Crippen LogP contribution in [0, 0.1) is 22.7 Å². The van der Waals surface area contributed by atoms with Gasteiger partial charge in [0, 0.05) is 32.6 Å². The highest BCUT2D eigenvalue weighted by atomic mass is 15.0. The maximum Gasteiger partial charge on any atom is 0.101 e. The van der Waals surface area contributed by atoms with E-state index in [9.17, 15) is 10.5 Å². The Balaban J connectivity index is 1.37. The van der Waals surface area contributed by atoms with Crippen LogP contribution in [-0.2, 0) is 5.41 Å². The van der Waals surface area contributed by atoms with Crippen molar-refractivity contribution in [3.8, 4) is 34.6 Å². The molecule has 8 aromatic rings. The van der Waals surface area contributed by atoms with Crippen LogP contribution in [0.3, 0.4) is 0 Å². The second-order valence-corrected chi connectivity index (χ2v) is 12.4. The Morgan fingerprint density at radius 1 is 0.489 bits per heavy atom. The SMILES string of the molecule is CC1(C)c2ccccc2-c2cc3c4ccccc4n(-c4cc(C#N)c(-n5c6ccccc6c6ccccc65)c(C#N)c4)c3cc21. The lowest BCUT2D eigenvalue weighted by atomic mass is 9.82. The van der Waals surface area contributed by atoms with Crippen LogP contribution in [-0.4, -0.2) is 9.13 Å². The summed E-state index contributed by atoms with van der Waals surface area (Å²) in [7, 11) is 0. The van der Waals surface area contributed by atoms with Gasteiger partial charge < -0.3 is 9.13 Å². The smallest absolute Gasteiger partial charge is 0.101 e. The molecule has 2 aromatic heterocycles. The number of aromatic nitrogens is 2. The average molecular weight is 575 g/mol. The molecule has 9 rings (SSSR count). The molecule has 0 amide bonds. The van der Waals surface area contributed by atoms with Crippen molar-refractivity contribution in [3.05, 3.63) is 144 Å². The molecule has 0 spiro atoms. The van der Waals surface area contributed by atoms with Crippen LogP contribution in [0.25, 0.3) is 66.1 Å². The summed E-state index contributed by atoms with van der Waals surface area (Å²) < 4.78 is 4.30. The Bertz CT molecular complexity index is 2560. The summed E-state index contributed by atoms with van der Waals surface area (Å²) in [5.74, 6) is 0. The number of rotatable bonds is 2. The number of nitrogens with zero attached hydrogens (tertiary/aromatic N) is 4. The van der Waals surface area contributed by atoms with Gasteiger partial charge in [0.25, 0.3) is 0 Å². The molecule has 0 unspecified atom stereocenters. The van der Waals surface area contributed by atoms with Gasteiger partial charge in [0.1, 0.15) is 12.1 Å². The van der Waals surface area contributed by atoms with Crippen molar-refractivity contribution in [2.24, 2.45) is 0 Å². The molecule has 1 aliphatic rings. The number of hydrogen-bond donors (Lipinski definition) is 0. The number of para-hydroxylation sites is 3. The fourth-order valence-corrected chi connectivity index (χ4v) is 7.76. The summed E-state index contributed by atoms with van der Waals surface area (Å²) in [4.78, 5) is 0. The van der Waals surface area contributed by atoms with Gasteiger partial charge in [-0.3, -0.25) is 0 Å². The van der Waals surface area contributed by atoms with Crippen LogP contribution in [0.5, 0.6) is 0 Å². The third-order valence-electron chi connectivity index (χ3n) is 9.77. The van der Waals surface area contributed by atoms with E-state index in [1.54, 1.807) is 0 Å². The number of hydrogen-bond acceptors (Lipinski definition) is 2. The molecular weight excluding hydrogens is 548 g/mol. The van der Waals surface area contributed by atoms with E-state index in [-0.39, 0.29) is 5.41 Å². The number of nitriles is 2. The van der Waals surface area contributed by atoms with Gasteiger partial charge >= 0.3 is 0 Å². The fourth-order valence-electron chi connectivity index (χ4n) is 7.76. The zero-order chi connectivity index (χ0) is 30.4. The molecule has 0 bridgehead atoms. The van der Waals surface area contributed by atoms with Gasteiger partial charge in [-0.15, -0.1) is 0 Å². The first-order valence-corrected chi connectivity index (χ1v) is 15.2. The lowest BCUT2D eigenvalue weighted by Gasteiger charge is -2.22. The highest BCUT2D eigenvalue weighted by Crippen LogP contribution is 2.51. The lowest BCUT2D eigenvalue weighted by molar-refractivity contribution is 0.661. The van der Waals surface area contributed by atoms with Crippen LogP contribution >= 0.6 is 0 Å². The largest absolute Gasteiger partial charge is 0.309 e. The third-order valence-corrected chi connectivity index (χ3v) is 9.77. The zero-order valence-corrected chi connectivity index (χ0v) is 24.8. The maximum atomic E-state index is 10.6. The molecular formula is C41H26N4. The maximum absolute atomic E-state index is 10.6. The van der Waals surface area contributed by atoms with Crippen molar-refractivity contribution in [1.82, 2.24) is 9.13 Å². The van der Waals surface area contributed by atoms with E-state index in [1.165, 1.54) is 22.3 Å². The van der Waals surface area contributed by atoms with Gasteiger partial charge in [-0.2, -0.15) is 10.5 Å². The molecule has 0 saturated heterocycles. The number of fused-ring (bicyclic) bond motifs is 9. The molecule has 6 aromatic carbocycles. The molecule has 0 radical (unpaired) electrons. The molecule has 0 aliphatic heterocycles. The minimum absolute atomic E-state index is 0.155. The molecule has 0 N–H and O–H groups in total. The van der Waals surface area contributed by atoms with Crippen molar-refractivity contribution < 1.29 is 0 Å². The highest BCUT2D eigenvalue weighted by Gasteiger charge is 2.36. The third kappa shape index (κ3) is 3.29. The lowest BCUT2D eigenvalue weighted by Crippen LogP contribution is -2.15. The van der Waals surface area contributed by atoms with Crippen molar-refractivity contribution in [1.29, 1.82) is 10.5 Å². The van der Waals surface area contributed by atoms with Gasteiger partial charge in [0.15, 0.2) is 0 Å². The van der Waals surface area contributed by atoms with Crippen molar-refractivity contribution in [3.63, 3.8) is 0 Å². The predicted molar refractivity (Wildman–Crippen MR) is 182 cm³/mol. The van der Waals surface area contributed by atoms with Crippen LogP contribution < -0.4 is 0 Å². The molecule has 0 saturated carbocycles. The van der Waals surface area contributed by atoms with Crippen molar-refractivity contribution >= 4 is 43.6 Å². The van der Waals surface area contributed by atoms with Gasteiger partial charge in [-0.1, -0.05) is 92.7 Å². The van der Waals surface area contributed by atoms with Crippen LogP contribution in [0.15, 0.2) is 121 Å². The van der Waals surface area contributed by atoms with E-state index in [0.717, 1.165) is 49.3 Å². The monoisotopic (exact) mass is 574 g/mol. The molecule has 2 heterocycles. The summed E-state index contributed by atoms with van der Waals surface area (Å²) in [6.45, 7) is 4.58. The van der Waals surface area contributed by atoms with Crippen molar-refractivity contribution in [2.75, 3.05) is 0 Å². The molecule has 1 aliphatic carbocycles. The minimum Gasteiger partial charge on any atom is -0.309 e. The van der Waals surface area contributed by atoms with Crippen LogP contribution in [0.4, 0.5) is 0 Å². The first-order valence-electron chi connectivity index (χ1n) is 15.2. The van der Waals surface area contributed by atoms with Gasteiger partial charge in [-0.05, 0) is 64.7 Å². The summed E-state index contributed by atoms with van der Waals surface area (Å²) >= 11 is 0. The van der Waals surface area contributed by atoms with Gasteiger partial charge in [0.05, 0.1) is 38.9 Å². The molecule has 45 heavy (non-hydrogen) atoms. The average Bonchev–Trinajstić information content (AvgIpc) is 3.67. The second-order valence-electron chi connectivity index (χ2n) is 12.4. The summed E-state index contributed by atoms with van der Waals surface area (Å²) in [5, 5.41) is 25.8. The standard InChI is InChI=1S/C41H26N4/c1-41(2)34-15-7-3-11-28(34)32-21-33-31-14-6-8-16-36(31)44(39(33)22-35(32)41)27-19-25(23-42)40(26(20-27)24-43)45-37-17-9-4-12-29(37)30-13-5-10-18-38(30)45/h3-22H,1-2H3. The van der Waals surface area contributed by atoms with Gasteiger partial charge in [-0.25, -0.2) is 0 Å². The molecule has 0 atom stereocenters. The highest BCUT2D eigenvalue weighted by molar-refractivity contribution is 6.12. The topological polar surface area (TPSA) is 57.4 Å². The molecule has 0 fully saturated rings. The quantitative estimate of drug-likeness (QED) is 0.206. The van der Waals surface area contributed by atoms with Gasteiger partial charge in [0.2, 0.25) is 0 Å². The first-order chi connectivity index (χ1) is 22.0. The summed E-state index contributed by atoms with van der Waals surface area (Å²) in [6, 6.07) is 46.9. The van der Waals surface area contributed by atoms with E-state index >= 15 is 0 Å². The summed E-state index contributed by atoms with van der Waals surface area (Å²) in [5.41, 5.74) is 11.4. The zero-order valence-electron chi connectivity index (χ0n) is 24.8. The Kier molecular flexibility index (Phi) is 5.06. The molecule has 210 valence electrons. The Morgan fingerprint density at radius 3 is 1.60 bits per heavy atom. The summed E-state index contributed by atoms with van der Waals surface area (Å²) in [6.07, 6.45) is 0. The van der Waals surface area contributed by atoms with Crippen molar-refractivity contribution in [2.45, 2.75) is 19.3 Å². The minimum atomic E-state index is -0.155. The normalized spacial score (nSPS) is 13.2.